The summed E-state index contributed by atoms with van der Waals surface area (Å²) in [6.45, 7) is 7.49. The quantitative estimate of drug-likeness (QED) is 0.804. The summed E-state index contributed by atoms with van der Waals surface area (Å²) in [6, 6.07) is 3.02. The van der Waals surface area contributed by atoms with Gasteiger partial charge in [0.1, 0.15) is 6.04 Å². The first-order valence-electron chi connectivity index (χ1n) is 9.97. The fraction of sp³-hybridized carbons (Fsp3) is 0.650. The predicted molar refractivity (Wildman–Crippen MR) is 107 cm³/mol. The monoisotopic (exact) mass is 407 g/mol. The lowest BCUT2D eigenvalue weighted by atomic mass is 9.93. The molecular formula is C20H29N3O4S. The molecule has 3 heterocycles. The van der Waals surface area contributed by atoms with Crippen molar-refractivity contribution in [1.29, 1.82) is 0 Å². The summed E-state index contributed by atoms with van der Waals surface area (Å²) in [6.07, 6.45) is 1.34. The van der Waals surface area contributed by atoms with E-state index in [-0.39, 0.29) is 29.6 Å². The van der Waals surface area contributed by atoms with Crippen molar-refractivity contribution in [3.63, 3.8) is 0 Å². The van der Waals surface area contributed by atoms with Gasteiger partial charge in [-0.25, -0.2) is 0 Å². The van der Waals surface area contributed by atoms with Crippen LogP contribution in [0, 0.1) is 11.8 Å². The highest BCUT2D eigenvalue weighted by atomic mass is 32.1. The van der Waals surface area contributed by atoms with E-state index in [0.717, 1.165) is 0 Å². The lowest BCUT2D eigenvalue weighted by Gasteiger charge is -2.37. The van der Waals surface area contributed by atoms with Crippen LogP contribution in [0.1, 0.15) is 36.4 Å². The Bertz CT molecular complexity index is 678. The van der Waals surface area contributed by atoms with Gasteiger partial charge >= 0.3 is 0 Å². The molecule has 7 nitrogen and oxygen atoms in total. The molecule has 0 aromatic carbocycles. The summed E-state index contributed by atoms with van der Waals surface area (Å²) in [5.41, 5.74) is 0. The van der Waals surface area contributed by atoms with E-state index in [1.807, 2.05) is 30.2 Å². The molecule has 8 heteroatoms. The Balaban J connectivity index is 1.54. The van der Waals surface area contributed by atoms with Crippen LogP contribution in [0.25, 0.3) is 0 Å². The summed E-state index contributed by atoms with van der Waals surface area (Å²) in [5, 5.41) is 4.74. The first-order valence-corrected chi connectivity index (χ1v) is 10.8. The molecule has 2 aliphatic heterocycles. The van der Waals surface area contributed by atoms with Crippen LogP contribution >= 0.6 is 11.3 Å². The second-order valence-corrected chi connectivity index (χ2v) is 8.66. The lowest BCUT2D eigenvalue weighted by molar-refractivity contribution is -0.144. The molecule has 0 aliphatic carbocycles. The Hall–Kier alpha value is -1.93. The summed E-state index contributed by atoms with van der Waals surface area (Å²) < 4.78 is 5.31. The summed E-state index contributed by atoms with van der Waals surface area (Å²) in [4.78, 5) is 42.4. The fourth-order valence-electron chi connectivity index (χ4n) is 3.72. The number of carbonyl (C=O) groups is 3. The molecule has 0 radical (unpaired) electrons. The molecule has 3 rings (SSSR count). The number of carbonyl (C=O) groups excluding carboxylic acids is 3. The second kappa shape index (κ2) is 9.52. The third-order valence-electron chi connectivity index (χ3n) is 5.44. The van der Waals surface area contributed by atoms with Crippen LogP contribution in [0.3, 0.4) is 0 Å². The Morgan fingerprint density at radius 2 is 1.79 bits per heavy atom. The molecular weight excluding hydrogens is 378 g/mol. The standard InChI is InChI=1S/C20H29N3O4S/c1-14(2)17(21-18(24)16-4-3-13-28-16)20(26)22-7-5-15(6-8-22)19(25)23-9-11-27-12-10-23/h3-4,13-15,17H,5-12H2,1-2H3,(H,21,24). The Morgan fingerprint density at radius 3 is 2.36 bits per heavy atom. The van der Waals surface area contributed by atoms with E-state index in [9.17, 15) is 14.4 Å². The summed E-state index contributed by atoms with van der Waals surface area (Å²) >= 11 is 1.36. The van der Waals surface area contributed by atoms with Crippen LogP contribution in [0.4, 0.5) is 0 Å². The SMILES string of the molecule is CC(C)C(NC(=O)c1cccs1)C(=O)N1CCC(C(=O)N2CCOCC2)CC1. The molecule has 0 spiro atoms. The third kappa shape index (κ3) is 4.91. The number of nitrogens with one attached hydrogen (secondary N) is 1. The Morgan fingerprint density at radius 1 is 1.11 bits per heavy atom. The van der Waals surface area contributed by atoms with Gasteiger partial charge < -0.3 is 19.9 Å². The van der Waals surface area contributed by atoms with Gasteiger partial charge in [0.2, 0.25) is 11.8 Å². The predicted octanol–water partition coefficient (Wildman–Crippen LogP) is 1.60. The van der Waals surface area contributed by atoms with E-state index < -0.39 is 6.04 Å². The van der Waals surface area contributed by atoms with Gasteiger partial charge in [0, 0.05) is 32.1 Å². The minimum Gasteiger partial charge on any atom is -0.378 e. The number of piperidine rings is 1. The highest BCUT2D eigenvalue weighted by Crippen LogP contribution is 2.22. The molecule has 2 fully saturated rings. The molecule has 2 saturated heterocycles. The van der Waals surface area contributed by atoms with Gasteiger partial charge in [-0.1, -0.05) is 19.9 Å². The molecule has 28 heavy (non-hydrogen) atoms. The molecule has 154 valence electrons. The molecule has 1 aromatic heterocycles. The number of rotatable bonds is 5. The van der Waals surface area contributed by atoms with E-state index in [1.54, 1.807) is 11.0 Å². The number of amides is 3. The zero-order valence-electron chi connectivity index (χ0n) is 16.6. The van der Waals surface area contributed by atoms with Gasteiger partial charge in [0.15, 0.2) is 0 Å². The molecule has 1 atom stereocenters. The van der Waals surface area contributed by atoms with E-state index in [1.165, 1.54) is 11.3 Å². The Kier molecular flexibility index (Phi) is 7.07. The molecule has 2 aliphatic rings. The van der Waals surface area contributed by atoms with Crippen LogP contribution in [-0.4, -0.2) is 73.0 Å². The number of morpholine rings is 1. The highest BCUT2D eigenvalue weighted by Gasteiger charge is 2.34. The number of hydrogen-bond acceptors (Lipinski definition) is 5. The van der Waals surface area contributed by atoms with Crippen LogP contribution in [0.15, 0.2) is 17.5 Å². The second-order valence-electron chi connectivity index (χ2n) is 7.71. The van der Waals surface area contributed by atoms with E-state index in [4.69, 9.17) is 4.74 Å². The van der Waals surface area contributed by atoms with Crippen molar-refractivity contribution in [2.75, 3.05) is 39.4 Å². The maximum Gasteiger partial charge on any atom is 0.262 e. The van der Waals surface area contributed by atoms with Crippen LogP contribution in [-0.2, 0) is 14.3 Å². The van der Waals surface area contributed by atoms with Gasteiger partial charge in [-0.2, -0.15) is 0 Å². The van der Waals surface area contributed by atoms with Crippen molar-refractivity contribution in [1.82, 2.24) is 15.1 Å². The molecule has 3 amide bonds. The van der Waals surface area contributed by atoms with E-state index in [2.05, 4.69) is 5.32 Å². The zero-order chi connectivity index (χ0) is 20.1. The molecule has 1 N–H and O–H groups in total. The van der Waals surface area contributed by atoms with Gasteiger partial charge in [0.05, 0.1) is 18.1 Å². The van der Waals surface area contributed by atoms with Gasteiger partial charge in [-0.15, -0.1) is 11.3 Å². The first kappa shape index (κ1) is 20.8. The number of nitrogens with zero attached hydrogens (tertiary/aromatic N) is 2. The summed E-state index contributed by atoms with van der Waals surface area (Å²) in [5.74, 6) is -0.122. The van der Waals surface area contributed by atoms with E-state index in [0.29, 0.717) is 57.1 Å². The number of hydrogen-bond donors (Lipinski definition) is 1. The van der Waals surface area contributed by atoms with Crippen molar-refractivity contribution < 1.29 is 19.1 Å². The van der Waals surface area contributed by atoms with Crippen LogP contribution in [0.5, 0.6) is 0 Å². The summed E-state index contributed by atoms with van der Waals surface area (Å²) in [7, 11) is 0. The van der Waals surface area contributed by atoms with Gasteiger partial charge in [0.25, 0.3) is 5.91 Å². The van der Waals surface area contributed by atoms with Gasteiger partial charge in [-0.05, 0) is 30.2 Å². The number of likely N-dealkylation sites (tertiary alicyclic amines) is 1. The molecule has 0 bridgehead atoms. The Labute approximate surface area is 170 Å². The maximum atomic E-state index is 13.0. The third-order valence-corrected chi connectivity index (χ3v) is 6.31. The normalized spacial score (nSPS) is 19.5. The van der Waals surface area contributed by atoms with Crippen molar-refractivity contribution in [3.8, 4) is 0 Å². The molecule has 1 aromatic rings. The van der Waals surface area contributed by atoms with Crippen LogP contribution < -0.4 is 5.32 Å². The fourth-order valence-corrected chi connectivity index (χ4v) is 4.35. The van der Waals surface area contributed by atoms with Crippen LogP contribution in [0.2, 0.25) is 0 Å². The van der Waals surface area contributed by atoms with Crippen molar-refractivity contribution in [2.24, 2.45) is 11.8 Å². The number of thiophene rings is 1. The lowest BCUT2D eigenvalue weighted by Crippen LogP contribution is -2.54. The maximum absolute atomic E-state index is 13.0. The van der Waals surface area contributed by atoms with Gasteiger partial charge in [-0.3, -0.25) is 14.4 Å². The van der Waals surface area contributed by atoms with Crippen molar-refractivity contribution >= 4 is 29.1 Å². The first-order chi connectivity index (χ1) is 13.5. The topological polar surface area (TPSA) is 79.0 Å². The zero-order valence-corrected chi connectivity index (χ0v) is 17.4. The minimum atomic E-state index is -0.555. The van der Waals surface area contributed by atoms with E-state index >= 15 is 0 Å². The highest BCUT2D eigenvalue weighted by molar-refractivity contribution is 7.12. The smallest absolute Gasteiger partial charge is 0.262 e. The molecule has 0 saturated carbocycles. The van der Waals surface area contributed by atoms with Crippen molar-refractivity contribution in [3.05, 3.63) is 22.4 Å². The van der Waals surface area contributed by atoms with Crippen molar-refractivity contribution in [2.45, 2.75) is 32.7 Å². The average Bonchev–Trinajstić information content (AvgIpc) is 3.26. The number of ether oxygens (including phenoxy) is 1. The molecule has 1 unspecified atom stereocenters. The largest absolute Gasteiger partial charge is 0.378 e. The minimum absolute atomic E-state index is 0.0101. The average molecular weight is 408 g/mol.